The number of hydrogen-bond acceptors (Lipinski definition) is 6. The van der Waals surface area contributed by atoms with E-state index < -0.39 is 63.6 Å². The van der Waals surface area contributed by atoms with Crippen molar-refractivity contribution < 1.29 is 44.5 Å². The normalized spacial score (nSPS) is 22.8. The number of non-ortho nitro benzene ring substituents is 1. The molecule has 2 aromatic rings. The number of fused-ring (bicyclic) bond motifs is 1. The van der Waals surface area contributed by atoms with Gasteiger partial charge in [-0.15, -0.1) is 0 Å². The maximum atomic E-state index is 12.1. The minimum Gasteiger partial charge on any atom is -0.481 e. The molecule has 2 aromatic carbocycles. The highest BCUT2D eigenvalue weighted by atomic mass is 16.6. The van der Waals surface area contributed by atoms with E-state index >= 15 is 0 Å². The molecule has 4 atom stereocenters. The molecule has 0 amide bonds. The maximum Gasteiger partial charge on any atom is 0.336 e. The quantitative estimate of drug-likeness (QED) is 0.405. The summed E-state index contributed by atoms with van der Waals surface area (Å²) in [5.41, 5.74) is -0.572. The van der Waals surface area contributed by atoms with Crippen LogP contribution in [-0.4, -0.2) is 49.2 Å². The van der Waals surface area contributed by atoms with Crippen LogP contribution in [0.15, 0.2) is 30.3 Å². The Bertz CT molecular complexity index is 1220. The third-order valence-corrected chi connectivity index (χ3v) is 5.98. The first-order chi connectivity index (χ1) is 14.5. The molecule has 5 rings (SSSR count). The molecule has 158 valence electrons. The topological polar surface area (TPSA) is 192 Å². The standard InChI is InChI=1S/C20H13NO10/c22-17(23)11-4-9-10(5-12(11)18(24)25)14-8-3-6(21(30)31)1-2-7(8)13(9)15(19(26)27)16(14)20(28)29/h1-5,13-16H,(H,22,23)(H,24,25)(H,26,27)(H,28,29)/t13-,14-,15-,16-/m0/s1. The van der Waals surface area contributed by atoms with Crippen molar-refractivity contribution in [1.29, 1.82) is 0 Å². The van der Waals surface area contributed by atoms with Crippen molar-refractivity contribution >= 4 is 29.6 Å². The Labute approximate surface area is 172 Å². The van der Waals surface area contributed by atoms with Crippen LogP contribution in [0.25, 0.3) is 0 Å². The molecule has 11 heteroatoms. The van der Waals surface area contributed by atoms with Gasteiger partial charge in [-0.3, -0.25) is 19.7 Å². The van der Waals surface area contributed by atoms with Gasteiger partial charge in [0.15, 0.2) is 0 Å². The van der Waals surface area contributed by atoms with Gasteiger partial charge in [-0.1, -0.05) is 6.07 Å². The Morgan fingerprint density at radius 2 is 1.13 bits per heavy atom. The average Bonchev–Trinajstić information content (AvgIpc) is 2.71. The summed E-state index contributed by atoms with van der Waals surface area (Å²) in [4.78, 5) is 58.0. The molecule has 11 nitrogen and oxygen atoms in total. The van der Waals surface area contributed by atoms with E-state index in [4.69, 9.17) is 0 Å². The zero-order valence-corrected chi connectivity index (χ0v) is 15.4. The first-order valence-corrected chi connectivity index (χ1v) is 8.92. The Morgan fingerprint density at radius 3 is 1.52 bits per heavy atom. The molecule has 2 bridgehead atoms. The third-order valence-electron chi connectivity index (χ3n) is 5.98. The number of carbonyl (C=O) groups is 4. The van der Waals surface area contributed by atoms with Crippen molar-refractivity contribution in [2.45, 2.75) is 11.8 Å². The molecular weight excluding hydrogens is 414 g/mol. The fraction of sp³-hybridized carbons (Fsp3) is 0.200. The number of aromatic carboxylic acids is 2. The van der Waals surface area contributed by atoms with Crippen molar-refractivity contribution in [3.8, 4) is 0 Å². The van der Waals surface area contributed by atoms with E-state index in [-0.39, 0.29) is 22.4 Å². The minimum atomic E-state index is -1.55. The number of benzene rings is 2. The molecule has 0 saturated carbocycles. The molecule has 0 heterocycles. The average molecular weight is 427 g/mol. The first kappa shape index (κ1) is 20.0. The van der Waals surface area contributed by atoms with E-state index in [2.05, 4.69) is 0 Å². The van der Waals surface area contributed by atoms with Crippen LogP contribution in [0.1, 0.15) is 54.8 Å². The van der Waals surface area contributed by atoms with Crippen LogP contribution in [0.3, 0.4) is 0 Å². The summed E-state index contributed by atoms with van der Waals surface area (Å²) in [7, 11) is 0. The lowest BCUT2D eigenvalue weighted by Gasteiger charge is -2.47. The van der Waals surface area contributed by atoms with Crippen LogP contribution in [0.4, 0.5) is 5.69 Å². The molecule has 0 aliphatic heterocycles. The van der Waals surface area contributed by atoms with Gasteiger partial charge in [0.1, 0.15) is 0 Å². The number of aliphatic carboxylic acids is 2. The summed E-state index contributed by atoms with van der Waals surface area (Å²) < 4.78 is 0. The molecule has 31 heavy (non-hydrogen) atoms. The Kier molecular flexibility index (Phi) is 4.27. The highest BCUT2D eigenvalue weighted by Crippen LogP contribution is 2.59. The molecule has 0 unspecified atom stereocenters. The molecule has 0 spiro atoms. The predicted octanol–water partition coefficient (Wildman–Crippen LogP) is 1.98. The smallest absolute Gasteiger partial charge is 0.336 e. The fourth-order valence-electron chi connectivity index (χ4n) is 4.87. The summed E-state index contributed by atoms with van der Waals surface area (Å²) in [6.07, 6.45) is 0. The summed E-state index contributed by atoms with van der Waals surface area (Å²) in [6, 6.07) is 5.77. The second-order valence-electron chi connectivity index (χ2n) is 7.39. The van der Waals surface area contributed by atoms with Crippen LogP contribution >= 0.6 is 0 Å². The highest BCUT2D eigenvalue weighted by molar-refractivity contribution is 6.02. The van der Waals surface area contributed by atoms with Gasteiger partial charge in [0.2, 0.25) is 0 Å². The number of nitro groups is 1. The van der Waals surface area contributed by atoms with Gasteiger partial charge in [0, 0.05) is 24.0 Å². The van der Waals surface area contributed by atoms with Crippen molar-refractivity contribution in [3.63, 3.8) is 0 Å². The fourth-order valence-corrected chi connectivity index (χ4v) is 4.87. The van der Waals surface area contributed by atoms with E-state index in [1.54, 1.807) is 0 Å². The van der Waals surface area contributed by atoms with E-state index in [0.717, 1.165) is 24.3 Å². The number of rotatable bonds is 5. The van der Waals surface area contributed by atoms with Crippen molar-refractivity contribution in [1.82, 2.24) is 0 Å². The lowest BCUT2D eigenvalue weighted by molar-refractivity contribution is -0.385. The third kappa shape index (κ3) is 2.74. The van der Waals surface area contributed by atoms with E-state index in [1.807, 2.05) is 0 Å². The van der Waals surface area contributed by atoms with E-state index in [9.17, 15) is 49.7 Å². The van der Waals surface area contributed by atoms with Crippen LogP contribution in [0.2, 0.25) is 0 Å². The summed E-state index contributed by atoms with van der Waals surface area (Å²) in [5.74, 6) is -11.3. The van der Waals surface area contributed by atoms with Crippen LogP contribution in [-0.2, 0) is 9.59 Å². The number of carboxylic acid groups (broad SMARTS) is 4. The van der Waals surface area contributed by atoms with Crippen LogP contribution < -0.4 is 0 Å². The second-order valence-corrected chi connectivity index (χ2v) is 7.39. The zero-order chi connectivity index (χ0) is 22.8. The van der Waals surface area contributed by atoms with Crippen LogP contribution in [0, 0.1) is 22.0 Å². The van der Waals surface area contributed by atoms with Gasteiger partial charge >= 0.3 is 23.9 Å². The van der Waals surface area contributed by atoms with Gasteiger partial charge in [-0.25, -0.2) is 9.59 Å². The maximum absolute atomic E-state index is 12.1. The number of carboxylic acids is 4. The number of nitro benzene ring substituents is 1. The molecule has 0 fully saturated rings. The number of nitrogens with zero attached hydrogens (tertiary/aromatic N) is 1. The Morgan fingerprint density at radius 1 is 0.710 bits per heavy atom. The van der Waals surface area contributed by atoms with E-state index in [1.165, 1.54) is 6.07 Å². The summed E-state index contributed by atoms with van der Waals surface area (Å²) in [6.45, 7) is 0. The van der Waals surface area contributed by atoms with Crippen LogP contribution in [0.5, 0.6) is 0 Å². The van der Waals surface area contributed by atoms with Gasteiger partial charge < -0.3 is 20.4 Å². The molecule has 0 aromatic heterocycles. The van der Waals surface area contributed by atoms with Crippen molar-refractivity contribution in [2.24, 2.45) is 11.8 Å². The first-order valence-electron chi connectivity index (χ1n) is 8.92. The minimum absolute atomic E-state index is 0.144. The zero-order valence-electron chi connectivity index (χ0n) is 15.4. The number of hydrogen-bond donors (Lipinski definition) is 4. The molecule has 0 saturated heterocycles. The highest BCUT2D eigenvalue weighted by Gasteiger charge is 2.56. The molecular formula is C20H13NO10. The molecule has 3 aliphatic carbocycles. The van der Waals surface area contributed by atoms with Gasteiger partial charge in [-0.2, -0.15) is 0 Å². The van der Waals surface area contributed by atoms with Crippen molar-refractivity contribution in [2.75, 3.05) is 0 Å². The predicted molar refractivity (Wildman–Crippen MR) is 99.4 cm³/mol. The molecule has 4 N–H and O–H groups in total. The van der Waals surface area contributed by atoms with Gasteiger partial charge in [-0.05, 0) is 34.4 Å². The lowest BCUT2D eigenvalue weighted by atomic mass is 9.53. The summed E-state index contributed by atoms with van der Waals surface area (Å²) >= 11 is 0. The molecule has 0 radical (unpaired) electrons. The molecule has 3 aliphatic rings. The second kappa shape index (κ2) is 6.62. The lowest BCUT2D eigenvalue weighted by Crippen LogP contribution is -2.47. The van der Waals surface area contributed by atoms with Crippen molar-refractivity contribution in [3.05, 3.63) is 73.8 Å². The largest absolute Gasteiger partial charge is 0.481 e. The van der Waals surface area contributed by atoms with Gasteiger partial charge in [0.05, 0.1) is 27.9 Å². The SMILES string of the molecule is O=C(O)c1cc2c(cc1C(=O)O)[C@@H]1c3cc([N+](=O)[O-])ccc3[C@@H]2[C@H](C(=O)O)[C@H]1C(=O)O. The Balaban J connectivity index is 2.10. The summed E-state index contributed by atoms with van der Waals surface area (Å²) in [5, 5.41) is 49.8. The van der Waals surface area contributed by atoms with E-state index in [0.29, 0.717) is 5.56 Å². The Hall–Kier alpha value is -4.28. The van der Waals surface area contributed by atoms with Gasteiger partial charge in [0.25, 0.3) is 5.69 Å². The monoisotopic (exact) mass is 427 g/mol.